The van der Waals surface area contributed by atoms with Crippen LogP contribution in [0.25, 0.3) is 0 Å². The van der Waals surface area contributed by atoms with Gasteiger partial charge in [-0.3, -0.25) is 0 Å². The van der Waals surface area contributed by atoms with Crippen molar-refractivity contribution in [1.82, 2.24) is 4.72 Å². The number of benzene rings is 1. The number of terminal acetylenes is 1. The molecule has 0 heterocycles. The minimum absolute atomic E-state index is 0.221. The van der Waals surface area contributed by atoms with Crippen molar-refractivity contribution in [3.05, 3.63) is 27.1 Å². The maximum atomic E-state index is 12.0. The van der Waals surface area contributed by atoms with Crippen LogP contribution in [0, 0.1) is 12.3 Å². The highest BCUT2D eigenvalue weighted by molar-refractivity contribution is 9.11. The summed E-state index contributed by atoms with van der Waals surface area (Å²) in [5.74, 6) is 3.72. The fourth-order valence-electron chi connectivity index (χ4n) is 1.14. The lowest BCUT2D eigenvalue weighted by Crippen LogP contribution is -2.26. The van der Waals surface area contributed by atoms with Gasteiger partial charge in [0, 0.05) is 21.2 Å². The molecule has 3 nitrogen and oxygen atoms in total. The molecule has 0 aliphatic heterocycles. The first kappa shape index (κ1) is 16.1. The SMILES string of the molecule is C#CCSCCNS(=O)(=O)c1cc(Br)ccc1Br. The van der Waals surface area contributed by atoms with E-state index >= 15 is 0 Å². The van der Waals surface area contributed by atoms with Crippen molar-refractivity contribution in [2.75, 3.05) is 18.1 Å². The second-order valence-corrected chi connectivity index (χ2v) is 7.84. The van der Waals surface area contributed by atoms with Gasteiger partial charge in [-0.25, -0.2) is 13.1 Å². The lowest BCUT2D eigenvalue weighted by atomic mass is 10.4. The Labute approximate surface area is 128 Å². The molecule has 1 aromatic carbocycles. The first-order valence-corrected chi connectivity index (χ1v) is 9.15. The Bertz CT molecular complexity index is 553. The van der Waals surface area contributed by atoms with Gasteiger partial charge >= 0.3 is 0 Å². The fraction of sp³-hybridized carbons (Fsp3) is 0.273. The third-order valence-corrected chi connectivity index (χ3v) is 5.72. The van der Waals surface area contributed by atoms with Gasteiger partial charge in [-0.05, 0) is 34.1 Å². The molecule has 7 heteroatoms. The van der Waals surface area contributed by atoms with Crippen LogP contribution in [0.5, 0.6) is 0 Å². The molecule has 0 aliphatic rings. The summed E-state index contributed by atoms with van der Waals surface area (Å²) in [5.41, 5.74) is 0. The van der Waals surface area contributed by atoms with Gasteiger partial charge < -0.3 is 0 Å². The Kier molecular flexibility index (Phi) is 6.74. The van der Waals surface area contributed by atoms with Crippen molar-refractivity contribution < 1.29 is 8.42 Å². The van der Waals surface area contributed by atoms with Crippen LogP contribution in [0.3, 0.4) is 0 Å². The molecule has 0 fully saturated rings. The molecule has 0 spiro atoms. The predicted octanol–water partition coefficient (Wildman–Crippen LogP) is 2.86. The van der Waals surface area contributed by atoms with E-state index in [1.165, 1.54) is 11.8 Å². The number of sulfonamides is 1. The fourth-order valence-corrected chi connectivity index (χ4v) is 4.31. The van der Waals surface area contributed by atoms with Crippen LogP contribution >= 0.6 is 43.6 Å². The van der Waals surface area contributed by atoms with E-state index in [2.05, 4.69) is 42.5 Å². The van der Waals surface area contributed by atoms with E-state index < -0.39 is 10.0 Å². The number of hydrogen-bond donors (Lipinski definition) is 1. The summed E-state index contributed by atoms with van der Waals surface area (Å²) in [7, 11) is -3.49. The number of rotatable bonds is 6. The normalized spacial score (nSPS) is 11.2. The molecule has 0 unspecified atom stereocenters. The average Bonchev–Trinajstić information content (AvgIpc) is 2.32. The standard InChI is InChI=1S/C11H11Br2NO2S2/c1-2-6-17-7-5-14-18(15,16)11-8-9(12)3-4-10(11)13/h1,3-4,8,14H,5-7H2. The highest BCUT2D eigenvalue weighted by atomic mass is 79.9. The summed E-state index contributed by atoms with van der Waals surface area (Å²) >= 11 is 7.99. The summed E-state index contributed by atoms with van der Waals surface area (Å²) in [4.78, 5) is 0.221. The van der Waals surface area contributed by atoms with Crippen molar-refractivity contribution in [2.24, 2.45) is 0 Å². The number of nitrogens with one attached hydrogen (secondary N) is 1. The molecule has 0 amide bonds. The second-order valence-electron chi connectivity index (χ2n) is 3.23. The Morgan fingerprint density at radius 2 is 2.11 bits per heavy atom. The molecule has 0 saturated heterocycles. The largest absolute Gasteiger partial charge is 0.241 e. The zero-order valence-electron chi connectivity index (χ0n) is 9.32. The van der Waals surface area contributed by atoms with Crippen LogP contribution in [0.4, 0.5) is 0 Å². The molecular formula is C11H11Br2NO2S2. The lowest BCUT2D eigenvalue weighted by molar-refractivity contribution is 0.583. The predicted molar refractivity (Wildman–Crippen MR) is 83.2 cm³/mol. The lowest BCUT2D eigenvalue weighted by Gasteiger charge is -2.08. The van der Waals surface area contributed by atoms with Gasteiger partial charge in [-0.1, -0.05) is 21.9 Å². The molecule has 0 atom stereocenters. The Morgan fingerprint density at radius 1 is 1.39 bits per heavy atom. The molecule has 1 N–H and O–H groups in total. The summed E-state index contributed by atoms with van der Waals surface area (Å²) in [6.45, 7) is 0.355. The van der Waals surface area contributed by atoms with Gasteiger partial charge in [0.25, 0.3) is 0 Å². The van der Waals surface area contributed by atoms with E-state index in [0.717, 1.165) is 0 Å². The summed E-state index contributed by atoms with van der Waals surface area (Å²) in [6.07, 6.45) is 5.10. The Hall–Kier alpha value is -0.000000000000000111. The maximum Gasteiger partial charge on any atom is 0.241 e. The molecule has 0 bridgehead atoms. The smallest absolute Gasteiger partial charge is 0.210 e. The molecule has 1 rings (SSSR count). The molecule has 1 aromatic rings. The zero-order chi connectivity index (χ0) is 13.6. The summed E-state index contributed by atoms with van der Waals surface area (Å²) in [5, 5.41) is 0. The van der Waals surface area contributed by atoms with Gasteiger partial charge in [0.2, 0.25) is 10.0 Å². The average molecular weight is 413 g/mol. The van der Waals surface area contributed by atoms with Crippen LogP contribution < -0.4 is 4.72 Å². The van der Waals surface area contributed by atoms with Crippen LogP contribution in [0.15, 0.2) is 32.0 Å². The molecular weight excluding hydrogens is 402 g/mol. The van der Waals surface area contributed by atoms with Gasteiger partial charge in [0.15, 0.2) is 0 Å². The molecule has 0 aliphatic carbocycles. The Morgan fingerprint density at radius 3 is 2.78 bits per heavy atom. The van der Waals surface area contributed by atoms with Crippen LogP contribution in [0.2, 0.25) is 0 Å². The number of hydrogen-bond acceptors (Lipinski definition) is 3. The van der Waals surface area contributed by atoms with E-state index in [-0.39, 0.29) is 4.90 Å². The van der Waals surface area contributed by atoms with Gasteiger partial charge in [0.05, 0.1) is 10.6 Å². The second kappa shape index (κ2) is 7.56. The van der Waals surface area contributed by atoms with Gasteiger partial charge in [-0.2, -0.15) is 0 Å². The van der Waals surface area contributed by atoms with Crippen molar-refractivity contribution in [3.63, 3.8) is 0 Å². The first-order chi connectivity index (χ1) is 8.47. The minimum Gasteiger partial charge on any atom is -0.210 e. The molecule has 0 radical (unpaired) electrons. The van der Waals surface area contributed by atoms with E-state index in [1.807, 2.05) is 0 Å². The van der Waals surface area contributed by atoms with Crippen LogP contribution in [-0.4, -0.2) is 26.5 Å². The van der Waals surface area contributed by atoms with E-state index in [0.29, 0.717) is 27.0 Å². The van der Waals surface area contributed by atoms with E-state index in [1.54, 1.807) is 18.2 Å². The topological polar surface area (TPSA) is 46.2 Å². The van der Waals surface area contributed by atoms with E-state index in [9.17, 15) is 8.42 Å². The molecule has 0 aromatic heterocycles. The highest BCUT2D eigenvalue weighted by Crippen LogP contribution is 2.25. The van der Waals surface area contributed by atoms with Crippen LogP contribution in [-0.2, 0) is 10.0 Å². The summed E-state index contributed by atoms with van der Waals surface area (Å²) in [6, 6.07) is 5.01. The van der Waals surface area contributed by atoms with Crippen LogP contribution in [0.1, 0.15) is 0 Å². The quantitative estimate of drug-likeness (QED) is 0.577. The first-order valence-electron chi connectivity index (χ1n) is 4.93. The molecule has 98 valence electrons. The van der Waals surface area contributed by atoms with Gasteiger partial charge in [-0.15, -0.1) is 18.2 Å². The minimum atomic E-state index is -3.49. The third kappa shape index (κ3) is 4.94. The third-order valence-electron chi connectivity index (χ3n) is 1.91. The highest BCUT2D eigenvalue weighted by Gasteiger charge is 2.17. The van der Waals surface area contributed by atoms with Crippen molar-refractivity contribution in [3.8, 4) is 12.3 Å². The zero-order valence-corrected chi connectivity index (χ0v) is 14.1. The number of thioether (sulfide) groups is 1. The monoisotopic (exact) mass is 411 g/mol. The van der Waals surface area contributed by atoms with Crippen molar-refractivity contribution in [2.45, 2.75) is 4.90 Å². The number of halogens is 2. The molecule has 18 heavy (non-hydrogen) atoms. The van der Waals surface area contributed by atoms with Crippen molar-refractivity contribution in [1.29, 1.82) is 0 Å². The van der Waals surface area contributed by atoms with Crippen molar-refractivity contribution >= 4 is 53.6 Å². The maximum absolute atomic E-state index is 12.0. The Balaban J connectivity index is 2.69. The molecule has 0 saturated carbocycles. The van der Waals surface area contributed by atoms with E-state index in [4.69, 9.17) is 6.42 Å². The summed E-state index contributed by atoms with van der Waals surface area (Å²) < 4.78 is 27.8. The van der Waals surface area contributed by atoms with Gasteiger partial charge in [0.1, 0.15) is 0 Å².